The SMILES string of the molecule is C[NH+]1CCCCC1/C=C1\CCCC1=O. The molecule has 1 heterocycles. The second-order valence-electron chi connectivity index (χ2n) is 4.67. The van der Waals surface area contributed by atoms with Gasteiger partial charge < -0.3 is 4.90 Å². The number of rotatable bonds is 1. The third-order valence-corrected chi connectivity index (χ3v) is 3.58. The molecular formula is C12H20NO+. The first kappa shape index (κ1) is 9.91. The molecule has 0 bridgehead atoms. The van der Waals surface area contributed by atoms with Gasteiger partial charge in [-0.2, -0.15) is 0 Å². The highest BCUT2D eigenvalue weighted by atomic mass is 16.1. The van der Waals surface area contributed by atoms with Gasteiger partial charge in [-0.3, -0.25) is 4.79 Å². The third-order valence-electron chi connectivity index (χ3n) is 3.58. The number of piperidine rings is 1. The standard InChI is InChI=1S/C12H19NO/c1-13-8-3-2-6-11(13)9-10-5-4-7-12(10)14/h9,11H,2-8H2,1H3/p+1/b10-9+. The Morgan fingerprint density at radius 3 is 2.79 bits per heavy atom. The van der Waals surface area contributed by atoms with Gasteiger partial charge in [0.25, 0.3) is 0 Å². The Bertz CT molecular complexity index is 257. The number of allylic oxidation sites excluding steroid dienone is 1. The van der Waals surface area contributed by atoms with Crippen molar-refractivity contribution in [1.29, 1.82) is 0 Å². The molecule has 78 valence electrons. The number of hydrogen-bond acceptors (Lipinski definition) is 1. The van der Waals surface area contributed by atoms with Gasteiger partial charge >= 0.3 is 0 Å². The van der Waals surface area contributed by atoms with Crippen LogP contribution in [-0.4, -0.2) is 25.4 Å². The molecule has 1 N–H and O–H groups in total. The normalized spacial score (nSPS) is 36.6. The molecule has 2 aliphatic rings. The predicted molar refractivity (Wildman–Crippen MR) is 56.3 cm³/mol. The van der Waals surface area contributed by atoms with Crippen LogP contribution in [0.3, 0.4) is 0 Å². The number of carbonyl (C=O) groups is 1. The van der Waals surface area contributed by atoms with Crippen LogP contribution in [0.4, 0.5) is 0 Å². The number of quaternary nitrogens is 1. The summed E-state index contributed by atoms with van der Waals surface area (Å²) in [5.74, 6) is 0.406. The van der Waals surface area contributed by atoms with Crippen LogP contribution in [0, 0.1) is 0 Å². The van der Waals surface area contributed by atoms with Crippen molar-refractivity contribution < 1.29 is 9.69 Å². The summed E-state index contributed by atoms with van der Waals surface area (Å²) in [6, 6.07) is 0.612. The van der Waals surface area contributed by atoms with Crippen molar-refractivity contribution >= 4 is 5.78 Å². The van der Waals surface area contributed by atoms with Gasteiger partial charge in [0, 0.05) is 12.8 Å². The lowest BCUT2D eigenvalue weighted by molar-refractivity contribution is -0.904. The minimum absolute atomic E-state index is 0.406. The summed E-state index contributed by atoms with van der Waals surface area (Å²) >= 11 is 0. The molecule has 0 aromatic rings. The summed E-state index contributed by atoms with van der Waals surface area (Å²) in [7, 11) is 2.25. The number of likely N-dealkylation sites (N-methyl/N-ethyl adjacent to an activating group) is 1. The number of hydrogen-bond donors (Lipinski definition) is 1. The van der Waals surface area contributed by atoms with Crippen LogP contribution < -0.4 is 4.90 Å². The fourth-order valence-electron chi connectivity index (χ4n) is 2.58. The maximum atomic E-state index is 11.5. The highest BCUT2D eigenvalue weighted by Crippen LogP contribution is 2.21. The lowest BCUT2D eigenvalue weighted by Gasteiger charge is -2.27. The maximum Gasteiger partial charge on any atom is 0.158 e. The molecule has 1 aliphatic heterocycles. The molecule has 1 saturated heterocycles. The highest BCUT2D eigenvalue weighted by molar-refractivity contribution is 5.97. The topological polar surface area (TPSA) is 21.5 Å². The van der Waals surface area contributed by atoms with Gasteiger partial charge in [0.2, 0.25) is 0 Å². The van der Waals surface area contributed by atoms with Crippen LogP contribution in [0.25, 0.3) is 0 Å². The zero-order chi connectivity index (χ0) is 9.97. The fourth-order valence-corrected chi connectivity index (χ4v) is 2.58. The van der Waals surface area contributed by atoms with Crippen molar-refractivity contribution in [1.82, 2.24) is 0 Å². The molecule has 1 aliphatic carbocycles. The molecule has 0 spiro atoms. The first-order valence-electron chi connectivity index (χ1n) is 5.83. The second-order valence-corrected chi connectivity index (χ2v) is 4.67. The van der Waals surface area contributed by atoms with Crippen LogP contribution in [0.15, 0.2) is 11.6 Å². The molecule has 2 unspecified atom stereocenters. The van der Waals surface area contributed by atoms with Crippen LogP contribution in [0.5, 0.6) is 0 Å². The van der Waals surface area contributed by atoms with Gasteiger partial charge in [0.05, 0.1) is 13.6 Å². The lowest BCUT2D eigenvalue weighted by Crippen LogP contribution is -3.13. The third kappa shape index (κ3) is 2.06. The molecule has 0 amide bonds. The van der Waals surface area contributed by atoms with Crippen LogP contribution >= 0.6 is 0 Å². The van der Waals surface area contributed by atoms with E-state index in [0.29, 0.717) is 11.8 Å². The molecule has 14 heavy (non-hydrogen) atoms. The monoisotopic (exact) mass is 194 g/mol. The van der Waals surface area contributed by atoms with Gasteiger partial charge in [-0.15, -0.1) is 0 Å². The van der Waals surface area contributed by atoms with Gasteiger partial charge in [0.15, 0.2) is 5.78 Å². The van der Waals surface area contributed by atoms with E-state index in [4.69, 9.17) is 0 Å². The fraction of sp³-hybridized carbons (Fsp3) is 0.750. The smallest absolute Gasteiger partial charge is 0.158 e. The molecule has 2 heteroatoms. The Morgan fingerprint density at radius 1 is 1.29 bits per heavy atom. The Kier molecular flexibility index (Phi) is 3.02. The van der Waals surface area contributed by atoms with E-state index in [1.54, 1.807) is 4.90 Å². The van der Waals surface area contributed by atoms with E-state index in [-0.39, 0.29) is 0 Å². The summed E-state index contributed by atoms with van der Waals surface area (Å²) in [4.78, 5) is 13.1. The van der Waals surface area contributed by atoms with E-state index in [1.165, 1.54) is 25.8 Å². The Balaban J connectivity index is 2.03. The number of likely N-dealkylation sites (tertiary alicyclic amines) is 1. The lowest BCUT2D eigenvalue weighted by atomic mass is 10.00. The van der Waals surface area contributed by atoms with Crippen LogP contribution in [0.1, 0.15) is 38.5 Å². The first-order valence-corrected chi connectivity index (χ1v) is 5.83. The quantitative estimate of drug-likeness (QED) is 0.611. The van der Waals surface area contributed by atoms with Gasteiger partial charge in [-0.25, -0.2) is 0 Å². The Morgan fingerprint density at radius 2 is 2.14 bits per heavy atom. The number of Topliss-reactive ketones (excluding diaryl/α,β-unsaturated/α-hetero) is 1. The summed E-state index contributed by atoms with van der Waals surface area (Å²) < 4.78 is 0. The van der Waals surface area contributed by atoms with Crippen molar-refractivity contribution in [2.75, 3.05) is 13.6 Å². The zero-order valence-electron chi connectivity index (χ0n) is 9.01. The molecule has 2 nitrogen and oxygen atoms in total. The van der Waals surface area contributed by atoms with E-state index in [2.05, 4.69) is 13.1 Å². The number of carbonyl (C=O) groups excluding carboxylic acids is 1. The molecular weight excluding hydrogens is 174 g/mol. The first-order chi connectivity index (χ1) is 6.77. The van der Waals surface area contributed by atoms with Crippen molar-refractivity contribution in [3.63, 3.8) is 0 Å². The largest absolute Gasteiger partial charge is 0.332 e. The summed E-state index contributed by atoms with van der Waals surface area (Å²) in [6.45, 7) is 1.27. The van der Waals surface area contributed by atoms with Crippen molar-refractivity contribution in [2.24, 2.45) is 0 Å². The van der Waals surface area contributed by atoms with Crippen molar-refractivity contribution in [2.45, 2.75) is 44.6 Å². The van der Waals surface area contributed by atoms with E-state index in [0.717, 1.165) is 24.8 Å². The number of nitrogens with one attached hydrogen (secondary N) is 1. The van der Waals surface area contributed by atoms with Crippen LogP contribution in [-0.2, 0) is 4.79 Å². The molecule has 0 aromatic carbocycles. The summed E-state index contributed by atoms with van der Waals surface area (Å²) in [5, 5.41) is 0. The van der Waals surface area contributed by atoms with Gasteiger partial charge in [-0.05, 0) is 37.3 Å². The van der Waals surface area contributed by atoms with E-state index < -0.39 is 0 Å². The van der Waals surface area contributed by atoms with E-state index in [1.807, 2.05) is 0 Å². The van der Waals surface area contributed by atoms with Crippen molar-refractivity contribution in [3.05, 3.63) is 11.6 Å². The molecule has 0 radical (unpaired) electrons. The Hall–Kier alpha value is -0.630. The minimum Gasteiger partial charge on any atom is -0.332 e. The zero-order valence-corrected chi connectivity index (χ0v) is 9.01. The maximum absolute atomic E-state index is 11.5. The highest BCUT2D eigenvalue weighted by Gasteiger charge is 2.24. The molecule has 1 saturated carbocycles. The predicted octanol–water partition coefficient (Wildman–Crippen LogP) is 0.733. The molecule has 2 rings (SSSR count). The minimum atomic E-state index is 0.406. The average Bonchev–Trinajstić information content (AvgIpc) is 2.56. The Labute approximate surface area is 86.0 Å². The molecule has 2 fully saturated rings. The summed E-state index contributed by atoms with van der Waals surface area (Å²) in [6.07, 6.45) is 9.11. The summed E-state index contributed by atoms with van der Waals surface area (Å²) in [5.41, 5.74) is 1.12. The van der Waals surface area contributed by atoms with E-state index in [9.17, 15) is 4.79 Å². The van der Waals surface area contributed by atoms with E-state index >= 15 is 0 Å². The van der Waals surface area contributed by atoms with Gasteiger partial charge in [-0.1, -0.05) is 0 Å². The average molecular weight is 194 g/mol. The number of ketones is 1. The second kappa shape index (κ2) is 4.26. The van der Waals surface area contributed by atoms with Crippen molar-refractivity contribution in [3.8, 4) is 0 Å². The van der Waals surface area contributed by atoms with Crippen LogP contribution in [0.2, 0.25) is 0 Å². The molecule has 0 aromatic heterocycles. The molecule has 2 atom stereocenters. The van der Waals surface area contributed by atoms with Gasteiger partial charge in [0.1, 0.15) is 6.04 Å².